The predicted octanol–water partition coefficient (Wildman–Crippen LogP) is 6.10. The molecule has 0 saturated carbocycles. The molecule has 0 aliphatic rings. The predicted molar refractivity (Wildman–Crippen MR) is 129 cm³/mol. The van der Waals surface area contributed by atoms with Gasteiger partial charge in [0.25, 0.3) is 0 Å². The molecule has 0 saturated heterocycles. The number of ether oxygens (including phenoxy) is 1. The number of aromatic nitrogens is 3. The van der Waals surface area contributed by atoms with E-state index in [2.05, 4.69) is 43.4 Å². The first-order valence-electron chi connectivity index (χ1n) is 9.78. The highest BCUT2D eigenvalue weighted by Gasteiger charge is 2.09. The molecule has 0 amide bonds. The second-order valence-corrected chi connectivity index (χ2v) is 8.67. The highest BCUT2D eigenvalue weighted by Crippen LogP contribution is 2.23. The topological polar surface area (TPSA) is 52.3 Å². The van der Waals surface area contributed by atoms with Crippen LogP contribution in [0.4, 0.5) is 0 Å². The Hall–Kier alpha value is -2.90. The van der Waals surface area contributed by atoms with Crippen molar-refractivity contribution < 1.29 is 4.74 Å². The van der Waals surface area contributed by atoms with E-state index in [9.17, 15) is 0 Å². The molecule has 0 unspecified atom stereocenters. The van der Waals surface area contributed by atoms with Gasteiger partial charge in [-0.1, -0.05) is 82.3 Å². The maximum Gasteiger partial charge on any atom is 0.212 e. The molecule has 4 aromatic rings. The smallest absolute Gasteiger partial charge is 0.212 e. The van der Waals surface area contributed by atoms with Crippen molar-refractivity contribution in [2.45, 2.75) is 24.4 Å². The Kier molecular flexibility index (Phi) is 7.17. The van der Waals surface area contributed by atoms with E-state index >= 15 is 0 Å². The van der Waals surface area contributed by atoms with E-state index in [-0.39, 0.29) is 0 Å². The number of para-hydroxylation sites is 1. The molecule has 0 spiro atoms. The van der Waals surface area contributed by atoms with Crippen molar-refractivity contribution >= 4 is 33.9 Å². The monoisotopic (exact) mass is 492 g/mol. The lowest BCUT2D eigenvalue weighted by Crippen LogP contribution is -2.00. The molecule has 0 atom stereocenters. The molecule has 3 aromatic carbocycles. The van der Waals surface area contributed by atoms with Crippen molar-refractivity contribution in [1.82, 2.24) is 14.9 Å². The van der Waals surface area contributed by atoms with E-state index in [4.69, 9.17) is 4.74 Å². The molecule has 31 heavy (non-hydrogen) atoms. The minimum atomic E-state index is 0.506. The first-order chi connectivity index (χ1) is 15.2. The summed E-state index contributed by atoms with van der Waals surface area (Å²) in [4.78, 5) is 0. The Morgan fingerprint density at radius 3 is 2.48 bits per heavy atom. The van der Waals surface area contributed by atoms with Crippen LogP contribution in [0.25, 0.3) is 0 Å². The summed E-state index contributed by atoms with van der Waals surface area (Å²) in [6.45, 7) is 2.40. The summed E-state index contributed by atoms with van der Waals surface area (Å²) < 4.78 is 8.86. The lowest BCUT2D eigenvalue weighted by Gasteiger charge is -2.09. The third kappa shape index (κ3) is 5.83. The SMILES string of the molecule is Cc1nnc(SCc2ccc(Br)cc2)n1/N=C/c1ccccc1OCc1ccccc1. The number of hydrogen-bond acceptors (Lipinski definition) is 5. The zero-order valence-corrected chi connectivity index (χ0v) is 19.4. The molecule has 7 heteroatoms. The average molecular weight is 493 g/mol. The second kappa shape index (κ2) is 10.4. The summed E-state index contributed by atoms with van der Waals surface area (Å²) >= 11 is 5.07. The summed E-state index contributed by atoms with van der Waals surface area (Å²) in [6, 6.07) is 26.2. The molecule has 0 radical (unpaired) electrons. The maximum absolute atomic E-state index is 6.03. The fourth-order valence-corrected chi connectivity index (χ4v) is 4.02. The van der Waals surface area contributed by atoms with Crippen molar-refractivity contribution in [2.75, 3.05) is 0 Å². The average Bonchev–Trinajstić information content (AvgIpc) is 3.16. The normalized spacial score (nSPS) is 11.2. The quantitative estimate of drug-likeness (QED) is 0.220. The number of halogens is 1. The fraction of sp³-hybridized carbons (Fsp3) is 0.125. The van der Waals surface area contributed by atoms with Crippen LogP contribution in [0.15, 0.2) is 93.6 Å². The van der Waals surface area contributed by atoms with Crippen LogP contribution in [0.1, 0.15) is 22.5 Å². The molecule has 0 bridgehead atoms. The van der Waals surface area contributed by atoms with Crippen molar-refractivity contribution in [3.63, 3.8) is 0 Å². The van der Waals surface area contributed by atoms with E-state index in [1.807, 2.05) is 73.7 Å². The van der Waals surface area contributed by atoms with Gasteiger partial charge in [-0.05, 0) is 42.3 Å². The van der Waals surface area contributed by atoms with Crippen LogP contribution in [0.3, 0.4) is 0 Å². The van der Waals surface area contributed by atoms with Crippen LogP contribution < -0.4 is 4.74 Å². The van der Waals surface area contributed by atoms with Crippen molar-refractivity contribution in [1.29, 1.82) is 0 Å². The van der Waals surface area contributed by atoms with Crippen LogP contribution in [-0.2, 0) is 12.4 Å². The van der Waals surface area contributed by atoms with Crippen LogP contribution >= 0.6 is 27.7 Å². The van der Waals surface area contributed by atoms with Gasteiger partial charge in [0.1, 0.15) is 12.4 Å². The summed E-state index contributed by atoms with van der Waals surface area (Å²) in [7, 11) is 0. The van der Waals surface area contributed by atoms with Gasteiger partial charge in [0.05, 0.1) is 6.21 Å². The van der Waals surface area contributed by atoms with E-state index in [0.29, 0.717) is 6.61 Å². The fourth-order valence-electron chi connectivity index (χ4n) is 2.86. The minimum Gasteiger partial charge on any atom is -0.488 e. The maximum atomic E-state index is 6.03. The van der Waals surface area contributed by atoms with Gasteiger partial charge < -0.3 is 4.74 Å². The summed E-state index contributed by atoms with van der Waals surface area (Å²) in [5.41, 5.74) is 3.23. The molecule has 1 aromatic heterocycles. The van der Waals surface area contributed by atoms with E-state index in [0.717, 1.165) is 38.1 Å². The molecule has 4 rings (SSSR count). The summed E-state index contributed by atoms with van der Waals surface area (Å²) in [6.07, 6.45) is 1.79. The molecule has 156 valence electrons. The standard InChI is InChI=1S/C24H21BrN4OS/c1-18-27-28-24(31-17-20-11-13-22(25)14-12-20)29(18)26-15-21-9-5-6-10-23(21)30-16-19-7-3-2-4-8-19/h2-15H,16-17H2,1H3/b26-15+. The van der Waals surface area contributed by atoms with Crippen LogP contribution in [0.5, 0.6) is 5.75 Å². The summed E-state index contributed by atoms with van der Waals surface area (Å²) in [5.74, 6) is 2.31. The molecular weight excluding hydrogens is 472 g/mol. The molecule has 0 aliphatic heterocycles. The zero-order chi connectivity index (χ0) is 21.5. The van der Waals surface area contributed by atoms with Gasteiger partial charge >= 0.3 is 0 Å². The lowest BCUT2D eigenvalue weighted by atomic mass is 10.2. The Bertz CT molecular complexity index is 1160. The molecule has 1 heterocycles. The Morgan fingerprint density at radius 1 is 0.935 bits per heavy atom. The molecule has 0 aliphatic carbocycles. The van der Waals surface area contributed by atoms with Crippen LogP contribution in [0.2, 0.25) is 0 Å². The number of rotatable bonds is 8. The van der Waals surface area contributed by atoms with E-state index < -0.39 is 0 Å². The first-order valence-corrected chi connectivity index (χ1v) is 11.6. The number of hydrogen-bond donors (Lipinski definition) is 0. The lowest BCUT2D eigenvalue weighted by molar-refractivity contribution is 0.306. The van der Waals surface area contributed by atoms with Gasteiger partial charge in [-0.25, -0.2) is 0 Å². The molecular formula is C24H21BrN4OS. The minimum absolute atomic E-state index is 0.506. The number of aryl methyl sites for hydroxylation is 1. The second-order valence-electron chi connectivity index (χ2n) is 6.81. The number of thioether (sulfide) groups is 1. The number of nitrogens with zero attached hydrogens (tertiary/aromatic N) is 4. The third-order valence-electron chi connectivity index (χ3n) is 4.52. The Morgan fingerprint density at radius 2 is 1.68 bits per heavy atom. The van der Waals surface area contributed by atoms with E-state index in [1.54, 1.807) is 22.7 Å². The van der Waals surface area contributed by atoms with Crippen LogP contribution in [0, 0.1) is 6.92 Å². The Labute approximate surface area is 194 Å². The molecule has 0 N–H and O–H groups in total. The van der Waals surface area contributed by atoms with E-state index in [1.165, 1.54) is 5.56 Å². The highest BCUT2D eigenvalue weighted by atomic mass is 79.9. The van der Waals surface area contributed by atoms with Crippen molar-refractivity contribution in [3.05, 3.63) is 106 Å². The third-order valence-corrected chi connectivity index (χ3v) is 6.04. The van der Waals surface area contributed by atoms with Crippen LogP contribution in [-0.4, -0.2) is 21.1 Å². The van der Waals surface area contributed by atoms with Gasteiger partial charge in [-0.2, -0.15) is 9.78 Å². The van der Waals surface area contributed by atoms with Gasteiger partial charge in [-0.3, -0.25) is 0 Å². The highest BCUT2D eigenvalue weighted by molar-refractivity contribution is 9.10. The van der Waals surface area contributed by atoms with Gasteiger partial charge in [0, 0.05) is 15.8 Å². The zero-order valence-electron chi connectivity index (χ0n) is 17.0. The Balaban J connectivity index is 1.47. The molecule has 0 fully saturated rings. The van der Waals surface area contributed by atoms with Crippen molar-refractivity contribution in [2.24, 2.45) is 5.10 Å². The van der Waals surface area contributed by atoms with Gasteiger partial charge in [0.2, 0.25) is 5.16 Å². The summed E-state index contributed by atoms with van der Waals surface area (Å²) in [5, 5.41) is 13.9. The van der Waals surface area contributed by atoms with Gasteiger partial charge in [0.15, 0.2) is 5.82 Å². The largest absolute Gasteiger partial charge is 0.488 e. The first kappa shape index (κ1) is 21.3. The van der Waals surface area contributed by atoms with Gasteiger partial charge in [-0.15, -0.1) is 10.2 Å². The molecule has 5 nitrogen and oxygen atoms in total. The van der Waals surface area contributed by atoms with Crippen molar-refractivity contribution in [3.8, 4) is 5.75 Å². The number of benzene rings is 3.